The molecule has 1 fully saturated rings. The van der Waals surface area contributed by atoms with Crippen LogP contribution in [0, 0.1) is 5.92 Å². The zero-order valence-electron chi connectivity index (χ0n) is 9.92. The van der Waals surface area contributed by atoms with Gasteiger partial charge >= 0.3 is 5.97 Å². The van der Waals surface area contributed by atoms with Gasteiger partial charge in [-0.15, -0.1) is 0 Å². The fourth-order valence-corrected chi connectivity index (χ4v) is 1.82. The predicted molar refractivity (Wildman–Crippen MR) is 63.3 cm³/mol. The molecule has 18 heavy (non-hydrogen) atoms. The number of nitrogens with one attached hydrogen (secondary N) is 1. The van der Waals surface area contributed by atoms with E-state index in [2.05, 4.69) is 10.3 Å². The normalized spacial score (nSPS) is 22.7. The van der Waals surface area contributed by atoms with E-state index in [9.17, 15) is 9.59 Å². The van der Waals surface area contributed by atoms with Crippen molar-refractivity contribution in [2.75, 3.05) is 11.9 Å². The Bertz CT molecular complexity index is 458. The van der Waals surface area contributed by atoms with Crippen molar-refractivity contribution in [3.63, 3.8) is 0 Å². The molecule has 1 aromatic rings. The number of amides is 1. The predicted octanol–water partition coefficient (Wildman–Crippen LogP) is 1.14. The Balaban J connectivity index is 2.00. The smallest absolute Gasteiger partial charge is 0.337 e. The standard InChI is InChI=1S/C12H14N2O4/c1-7-4-5-18-10(7)11(15)14-9-3-2-8(6-13-9)12(16)17/h2-3,6-7,10H,4-5H2,1H3,(H,16,17)(H,13,14,15). The number of ether oxygens (including phenoxy) is 1. The summed E-state index contributed by atoms with van der Waals surface area (Å²) in [5.41, 5.74) is 0.0819. The third kappa shape index (κ3) is 2.65. The first-order valence-electron chi connectivity index (χ1n) is 5.70. The quantitative estimate of drug-likeness (QED) is 0.839. The molecule has 96 valence electrons. The summed E-state index contributed by atoms with van der Waals surface area (Å²) >= 11 is 0. The van der Waals surface area contributed by atoms with E-state index >= 15 is 0 Å². The Morgan fingerprint density at radius 1 is 1.50 bits per heavy atom. The third-order valence-electron chi connectivity index (χ3n) is 2.91. The topological polar surface area (TPSA) is 88.5 Å². The highest BCUT2D eigenvalue weighted by atomic mass is 16.5. The molecule has 0 spiro atoms. The Labute approximate surface area is 104 Å². The largest absolute Gasteiger partial charge is 0.478 e. The van der Waals surface area contributed by atoms with Crippen LogP contribution in [0.1, 0.15) is 23.7 Å². The van der Waals surface area contributed by atoms with Crippen molar-refractivity contribution in [3.05, 3.63) is 23.9 Å². The van der Waals surface area contributed by atoms with Crippen molar-refractivity contribution >= 4 is 17.7 Å². The summed E-state index contributed by atoms with van der Waals surface area (Å²) in [5.74, 6) is -0.778. The minimum atomic E-state index is -1.05. The van der Waals surface area contributed by atoms with Gasteiger partial charge in [0.25, 0.3) is 5.91 Å². The maximum Gasteiger partial charge on any atom is 0.337 e. The lowest BCUT2D eigenvalue weighted by Gasteiger charge is -2.13. The van der Waals surface area contributed by atoms with Gasteiger partial charge in [0.15, 0.2) is 0 Å². The second-order valence-electron chi connectivity index (χ2n) is 4.28. The number of carbonyl (C=O) groups is 2. The van der Waals surface area contributed by atoms with Crippen LogP contribution in [-0.2, 0) is 9.53 Å². The van der Waals surface area contributed by atoms with E-state index in [1.54, 1.807) is 0 Å². The zero-order chi connectivity index (χ0) is 13.1. The molecule has 0 aliphatic carbocycles. The molecule has 1 aliphatic heterocycles. The molecule has 6 heteroatoms. The van der Waals surface area contributed by atoms with Crippen LogP contribution in [0.4, 0.5) is 5.82 Å². The maximum atomic E-state index is 11.9. The molecule has 1 aliphatic rings. The highest BCUT2D eigenvalue weighted by Gasteiger charge is 2.30. The van der Waals surface area contributed by atoms with Crippen molar-refractivity contribution in [1.82, 2.24) is 4.98 Å². The number of carboxylic acids is 1. The van der Waals surface area contributed by atoms with Crippen LogP contribution in [0.5, 0.6) is 0 Å². The molecular formula is C12H14N2O4. The fourth-order valence-electron chi connectivity index (χ4n) is 1.82. The van der Waals surface area contributed by atoms with Gasteiger partial charge in [-0.2, -0.15) is 0 Å². The number of carbonyl (C=O) groups excluding carboxylic acids is 1. The van der Waals surface area contributed by atoms with Crippen LogP contribution < -0.4 is 5.32 Å². The summed E-state index contributed by atoms with van der Waals surface area (Å²) in [5, 5.41) is 11.3. The fraction of sp³-hybridized carbons (Fsp3) is 0.417. The number of anilines is 1. The van der Waals surface area contributed by atoms with Crippen LogP contribution in [0.15, 0.2) is 18.3 Å². The van der Waals surface area contributed by atoms with Crippen LogP contribution in [0.25, 0.3) is 0 Å². The molecule has 0 saturated carbocycles. The van der Waals surface area contributed by atoms with Crippen molar-refractivity contribution in [2.45, 2.75) is 19.4 Å². The number of pyridine rings is 1. The zero-order valence-corrected chi connectivity index (χ0v) is 9.92. The molecule has 2 heterocycles. The van der Waals surface area contributed by atoms with Gasteiger partial charge < -0.3 is 15.2 Å². The molecule has 2 N–H and O–H groups in total. The molecule has 2 atom stereocenters. The van der Waals surface area contributed by atoms with E-state index < -0.39 is 12.1 Å². The highest BCUT2D eigenvalue weighted by Crippen LogP contribution is 2.21. The molecular weight excluding hydrogens is 236 g/mol. The number of rotatable bonds is 3. The molecule has 2 rings (SSSR count). The number of hydrogen-bond acceptors (Lipinski definition) is 4. The maximum absolute atomic E-state index is 11.9. The van der Waals surface area contributed by atoms with Gasteiger partial charge in [-0.1, -0.05) is 6.92 Å². The summed E-state index contributed by atoms with van der Waals surface area (Å²) in [4.78, 5) is 26.4. The summed E-state index contributed by atoms with van der Waals surface area (Å²) in [6.07, 6.45) is 1.62. The van der Waals surface area contributed by atoms with E-state index in [4.69, 9.17) is 9.84 Å². The van der Waals surface area contributed by atoms with Gasteiger partial charge in [0, 0.05) is 12.8 Å². The Morgan fingerprint density at radius 2 is 2.28 bits per heavy atom. The molecule has 0 bridgehead atoms. The summed E-state index contributed by atoms with van der Waals surface area (Å²) in [6.45, 7) is 2.54. The minimum absolute atomic E-state index is 0.0819. The Kier molecular flexibility index (Phi) is 3.57. The molecule has 0 aromatic carbocycles. The first kappa shape index (κ1) is 12.5. The lowest BCUT2D eigenvalue weighted by Crippen LogP contribution is -2.31. The average molecular weight is 250 g/mol. The lowest BCUT2D eigenvalue weighted by molar-refractivity contribution is -0.126. The van der Waals surface area contributed by atoms with E-state index in [0.29, 0.717) is 12.4 Å². The van der Waals surface area contributed by atoms with Gasteiger partial charge in [0.05, 0.1) is 5.56 Å². The minimum Gasteiger partial charge on any atom is -0.478 e. The molecule has 1 saturated heterocycles. The Hall–Kier alpha value is -1.95. The molecule has 1 aromatic heterocycles. The van der Waals surface area contributed by atoms with Crippen LogP contribution in [0.3, 0.4) is 0 Å². The number of aromatic carboxylic acids is 1. The number of hydrogen-bond donors (Lipinski definition) is 2. The van der Waals surface area contributed by atoms with Crippen LogP contribution in [-0.4, -0.2) is 34.7 Å². The third-order valence-corrected chi connectivity index (χ3v) is 2.91. The van der Waals surface area contributed by atoms with Gasteiger partial charge in [-0.25, -0.2) is 9.78 Å². The highest BCUT2D eigenvalue weighted by molar-refractivity contribution is 5.94. The lowest BCUT2D eigenvalue weighted by atomic mass is 10.0. The van der Waals surface area contributed by atoms with Crippen molar-refractivity contribution < 1.29 is 19.4 Å². The average Bonchev–Trinajstić information content (AvgIpc) is 2.76. The second-order valence-corrected chi connectivity index (χ2v) is 4.28. The summed E-state index contributed by atoms with van der Waals surface area (Å²) < 4.78 is 5.33. The first-order valence-corrected chi connectivity index (χ1v) is 5.70. The van der Waals surface area contributed by atoms with Crippen molar-refractivity contribution in [3.8, 4) is 0 Å². The number of carboxylic acid groups (broad SMARTS) is 1. The number of nitrogens with zero attached hydrogens (tertiary/aromatic N) is 1. The van der Waals surface area contributed by atoms with E-state index in [1.165, 1.54) is 18.3 Å². The second kappa shape index (κ2) is 5.14. The van der Waals surface area contributed by atoms with Gasteiger partial charge in [0.1, 0.15) is 11.9 Å². The monoisotopic (exact) mass is 250 g/mol. The number of aromatic nitrogens is 1. The Morgan fingerprint density at radius 3 is 2.78 bits per heavy atom. The van der Waals surface area contributed by atoms with E-state index in [1.807, 2.05) is 6.92 Å². The van der Waals surface area contributed by atoms with E-state index in [0.717, 1.165) is 6.42 Å². The van der Waals surface area contributed by atoms with Gasteiger partial charge in [-0.05, 0) is 24.5 Å². The van der Waals surface area contributed by atoms with Crippen LogP contribution in [0.2, 0.25) is 0 Å². The van der Waals surface area contributed by atoms with Crippen molar-refractivity contribution in [2.24, 2.45) is 5.92 Å². The van der Waals surface area contributed by atoms with Crippen molar-refractivity contribution in [1.29, 1.82) is 0 Å². The summed E-state index contributed by atoms with van der Waals surface area (Å²) in [6, 6.07) is 2.85. The SMILES string of the molecule is CC1CCOC1C(=O)Nc1ccc(C(=O)O)cn1. The van der Waals surface area contributed by atoms with Gasteiger partial charge in [-0.3, -0.25) is 4.79 Å². The van der Waals surface area contributed by atoms with E-state index in [-0.39, 0.29) is 17.4 Å². The first-order chi connectivity index (χ1) is 8.58. The molecule has 0 radical (unpaired) electrons. The molecule has 6 nitrogen and oxygen atoms in total. The molecule has 1 amide bonds. The summed E-state index contributed by atoms with van der Waals surface area (Å²) in [7, 11) is 0. The van der Waals surface area contributed by atoms with Gasteiger partial charge in [0.2, 0.25) is 0 Å². The molecule has 2 unspecified atom stereocenters. The van der Waals surface area contributed by atoms with Crippen LogP contribution >= 0.6 is 0 Å².